The first kappa shape index (κ1) is 12.9. The first-order chi connectivity index (χ1) is 7.41. The highest BCUT2D eigenvalue weighted by molar-refractivity contribution is 5.78. The van der Waals surface area contributed by atoms with Crippen molar-refractivity contribution in [2.24, 2.45) is 0 Å². The maximum atomic E-state index is 11.6. The zero-order chi connectivity index (χ0) is 12.2. The molecule has 0 spiro atoms. The van der Waals surface area contributed by atoms with Gasteiger partial charge in [-0.1, -0.05) is 0 Å². The maximum absolute atomic E-state index is 11.6. The summed E-state index contributed by atoms with van der Waals surface area (Å²) < 4.78 is 10.2. The molecule has 16 heavy (non-hydrogen) atoms. The zero-order valence-corrected chi connectivity index (χ0v) is 9.56. The zero-order valence-electron chi connectivity index (χ0n) is 9.56. The Balaban J connectivity index is 2.33. The lowest BCUT2D eigenvalue weighted by Gasteiger charge is -2.38. The molecule has 1 saturated heterocycles. The summed E-state index contributed by atoms with van der Waals surface area (Å²) in [6.45, 7) is 4.70. The van der Waals surface area contributed by atoms with E-state index in [1.165, 1.54) is 0 Å². The number of carbonyl (C=O) groups excluding carboxylic acids is 1. The van der Waals surface area contributed by atoms with Gasteiger partial charge in [-0.05, 0) is 13.8 Å². The van der Waals surface area contributed by atoms with Gasteiger partial charge in [-0.25, -0.2) is 4.79 Å². The van der Waals surface area contributed by atoms with E-state index < -0.39 is 12.6 Å². The first-order valence-electron chi connectivity index (χ1n) is 5.12. The molecule has 0 bridgehead atoms. The van der Waals surface area contributed by atoms with Gasteiger partial charge < -0.3 is 19.5 Å². The average molecular weight is 231 g/mol. The van der Waals surface area contributed by atoms with Gasteiger partial charge >= 0.3 is 5.97 Å². The van der Waals surface area contributed by atoms with Crippen LogP contribution in [0, 0.1) is 0 Å². The van der Waals surface area contributed by atoms with Crippen molar-refractivity contribution in [3.63, 3.8) is 0 Å². The number of carboxylic acid groups (broad SMARTS) is 1. The Hall–Kier alpha value is -1.14. The molecule has 0 saturated carbocycles. The predicted molar refractivity (Wildman–Crippen MR) is 55.1 cm³/mol. The van der Waals surface area contributed by atoms with Crippen LogP contribution in [-0.2, 0) is 19.1 Å². The molecule has 0 aliphatic carbocycles. The van der Waals surface area contributed by atoms with E-state index in [1.807, 2.05) is 13.8 Å². The molecule has 1 aliphatic heterocycles. The van der Waals surface area contributed by atoms with Gasteiger partial charge in [-0.15, -0.1) is 0 Å². The molecule has 1 N–H and O–H groups in total. The number of rotatable bonds is 4. The molecule has 0 atom stereocenters. The van der Waals surface area contributed by atoms with E-state index in [4.69, 9.17) is 14.6 Å². The topological polar surface area (TPSA) is 76.1 Å². The molecular formula is C10H17NO5. The van der Waals surface area contributed by atoms with Gasteiger partial charge in [-0.3, -0.25) is 4.79 Å². The van der Waals surface area contributed by atoms with E-state index in [1.54, 1.807) is 4.90 Å². The van der Waals surface area contributed by atoms with Crippen LogP contribution in [0.15, 0.2) is 0 Å². The molecule has 0 aromatic rings. The molecule has 92 valence electrons. The van der Waals surface area contributed by atoms with Crippen molar-refractivity contribution in [3.8, 4) is 0 Å². The predicted octanol–water partition coefficient (Wildman–Crippen LogP) is -0.275. The van der Waals surface area contributed by atoms with Crippen molar-refractivity contribution >= 4 is 11.9 Å². The summed E-state index contributed by atoms with van der Waals surface area (Å²) >= 11 is 0. The molecule has 6 nitrogen and oxygen atoms in total. The Bertz CT molecular complexity index is 276. The number of aliphatic carboxylic acids is 1. The van der Waals surface area contributed by atoms with E-state index in [-0.39, 0.29) is 18.1 Å². The molecule has 1 heterocycles. The van der Waals surface area contributed by atoms with E-state index in [9.17, 15) is 9.59 Å². The summed E-state index contributed by atoms with van der Waals surface area (Å²) in [4.78, 5) is 23.4. The lowest BCUT2D eigenvalue weighted by atomic mass is 10.1. The van der Waals surface area contributed by atoms with Crippen LogP contribution in [0.4, 0.5) is 0 Å². The minimum atomic E-state index is -1.07. The molecule has 1 amide bonds. The summed E-state index contributed by atoms with van der Waals surface area (Å²) in [6, 6.07) is 0. The number of amides is 1. The Morgan fingerprint density at radius 2 is 2.12 bits per heavy atom. The summed E-state index contributed by atoms with van der Waals surface area (Å²) in [6.07, 6.45) is 0. The van der Waals surface area contributed by atoms with Gasteiger partial charge in [0.1, 0.15) is 13.2 Å². The number of hydrogen-bond acceptors (Lipinski definition) is 4. The lowest BCUT2D eigenvalue weighted by Crippen LogP contribution is -2.51. The van der Waals surface area contributed by atoms with Crippen LogP contribution >= 0.6 is 0 Å². The number of nitrogens with zero attached hydrogens (tertiary/aromatic N) is 1. The van der Waals surface area contributed by atoms with Gasteiger partial charge in [0.2, 0.25) is 5.91 Å². The quantitative estimate of drug-likeness (QED) is 0.720. The molecule has 0 aromatic heterocycles. The second kappa shape index (κ2) is 5.27. The summed E-state index contributed by atoms with van der Waals surface area (Å²) in [5.41, 5.74) is -0.347. The van der Waals surface area contributed by atoms with Gasteiger partial charge in [0.25, 0.3) is 0 Å². The third-order valence-corrected chi connectivity index (χ3v) is 2.23. The van der Waals surface area contributed by atoms with Crippen molar-refractivity contribution < 1.29 is 24.2 Å². The van der Waals surface area contributed by atoms with Crippen LogP contribution in [0.1, 0.15) is 13.8 Å². The molecular weight excluding hydrogens is 214 g/mol. The molecule has 6 heteroatoms. The summed E-state index contributed by atoms with van der Waals surface area (Å²) in [5, 5.41) is 8.35. The maximum Gasteiger partial charge on any atom is 0.329 e. The number of carbonyl (C=O) groups is 2. The molecule has 1 rings (SSSR count). The van der Waals surface area contributed by atoms with E-state index >= 15 is 0 Å². The summed E-state index contributed by atoms with van der Waals surface area (Å²) in [7, 11) is 0. The smallest absolute Gasteiger partial charge is 0.329 e. The van der Waals surface area contributed by atoms with Crippen molar-refractivity contribution in [1.29, 1.82) is 0 Å². The van der Waals surface area contributed by atoms with Crippen LogP contribution in [-0.4, -0.2) is 60.4 Å². The van der Waals surface area contributed by atoms with Gasteiger partial charge in [0.15, 0.2) is 0 Å². The van der Waals surface area contributed by atoms with Gasteiger partial charge in [0, 0.05) is 13.1 Å². The van der Waals surface area contributed by atoms with Crippen molar-refractivity contribution in [2.75, 3.05) is 32.9 Å². The van der Waals surface area contributed by atoms with Crippen molar-refractivity contribution in [1.82, 2.24) is 4.90 Å². The fourth-order valence-corrected chi connectivity index (χ4v) is 1.55. The van der Waals surface area contributed by atoms with E-state index in [0.29, 0.717) is 19.7 Å². The third kappa shape index (κ3) is 4.16. The molecule has 0 radical (unpaired) electrons. The number of carboxylic acids is 1. The Morgan fingerprint density at radius 3 is 2.69 bits per heavy atom. The standard InChI is InChI=1S/C10H17NO5/c1-10(2)7-11(3-4-16-10)8(12)5-15-6-9(13)14/h3-7H2,1-2H3,(H,13,14). The normalized spacial score (nSPS) is 19.5. The first-order valence-corrected chi connectivity index (χ1v) is 5.12. The second-order valence-corrected chi connectivity index (χ2v) is 4.31. The van der Waals surface area contributed by atoms with E-state index in [2.05, 4.69) is 0 Å². The largest absolute Gasteiger partial charge is 0.480 e. The fourth-order valence-electron chi connectivity index (χ4n) is 1.55. The monoisotopic (exact) mass is 231 g/mol. The van der Waals surface area contributed by atoms with Gasteiger partial charge in [-0.2, -0.15) is 0 Å². The molecule has 0 aromatic carbocycles. The third-order valence-electron chi connectivity index (χ3n) is 2.23. The van der Waals surface area contributed by atoms with Crippen LogP contribution in [0.25, 0.3) is 0 Å². The van der Waals surface area contributed by atoms with Crippen LogP contribution in [0.3, 0.4) is 0 Å². The van der Waals surface area contributed by atoms with Crippen LogP contribution < -0.4 is 0 Å². The van der Waals surface area contributed by atoms with Gasteiger partial charge in [0.05, 0.1) is 12.2 Å². The molecule has 1 aliphatic rings. The van der Waals surface area contributed by atoms with Crippen LogP contribution in [0.2, 0.25) is 0 Å². The highest BCUT2D eigenvalue weighted by Crippen LogP contribution is 2.16. The van der Waals surface area contributed by atoms with Crippen molar-refractivity contribution in [2.45, 2.75) is 19.4 Å². The Morgan fingerprint density at radius 1 is 1.44 bits per heavy atom. The minimum absolute atomic E-state index is 0.192. The summed E-state index contributed by atoms with van der Waals surface area (Å²) in [5.74, 6) is -1.27. The van der Waals surface area contributed by atoms with Crippen molar-refractivity contribution in [3.05, 3.63) is 0 Å². The second-order valence-electron chi connectivity index (χ2n) is 4.31. The lowest BCUT2D eigenvalue weighted by molar-refractivity contribution is -0.153. The Kier molecular flexibility index (Phi) is 4.26. The van der Waals surface area contributed by atoms with E-state index in [0.717, 1.165) is 0 Å². The highest BCUT2D eigenvalue weighted by atomic mass is 16.5. The Labute approximate surface area is 94.1 Å². The highest BCUT2D eigenvalue weighted by Gasteiger charge is 2.29. The molecule has 0 unspecified atom stereocenters. The minimum Gasteiger partial charge on any atom is -0.480 e. The number of hydrogen-bond donors (Lipinski definition) is 1. The SMILES string of the molecule is CC1(C)CN(C(=O)COCC(=O)O)CCO1. The number of ether oxygens (including phenoxy) is 2. The average Bonchev–Trinajstić information content (AvgIpc) is 2.15. The molecule has 1 fully saturated rings. The number of morpholine rings is 1. The van der Waals surface area contributed by atoms with Crippen LogP contribution in [0.5, 0.6) is 0 Å². The fraction of sp³-hybridized carbons (Fsp3) is 0.800.